The third-order valence-electron chi connectivity index (χ3n) is 3.72. The minimum atomic E-state index is -0.887. The molecule has 0 aliphatic carbocycles. The van der Waals surface area contributed by atoms with E-state index in [0.717, 1.165) is 12.8 Å². The summed E-state index contributed by atoms with van der Waals surface area (Å²) in [6.45, 7) is 3.88. The van der Waals surface area contributed by atoms with Crippen LogP contribution in [0.3, 0.4) is 0 Å². The zero-order chi connectivity index (χ0) is 13.1. The van der Waals surface area contributed by atoms with Crippen LogP contribution in [0.25, 0.3) is 0 Å². The molecule has 0 bridgehead atoms. The minimum absolute atomic E-state index is 0.126. The maximum Gasteiger partial charge on any atom is 0.326 e. The number of nitrogens with zero attached hydrogens (tertiary/aromatic N) is 2. The van der Waals surface area contributed by atoms with Gasteiger partial charge in [0.05, 0.1) is 0 Å². The number of amides is 2. The molecule has 0 radical (unpaired) electrons. The standard InChI is InChI=1S/C13H20N2O3/c1-10-5-8-15(11(9-10)12(16)17)13(18)14-6-3-2-4-7-14/h2-3,10-11H,4-9H2,1H3,(H,16,17). The maximum atomic E-state index is 12.3. The normalized spacial score (nSPS) is 28.3. The van der Waals surface area contributed by atoms with Gasteiger partial charge in [0, 0.05) is 19.6 Å². The Morgan fingerprint density at radius 1 is 1.28 bits per heavy atom. The van der Waals surface area contributed by atoms with Crippen LogP contribution < -0.4 is 0 Å². The van der Waals surface area contributed by atoms with Crippen LogP contribution in [-0.4, -0.2) is 52.6 Å². The van der Waals surface area contributed by atoms with E-state index < -0.39 is 12.0 Å². The Hall–Kier alpha value is -1.52. The van der Waals surface area contributed by atoms with Gasteiger partial charge in [-0.25, -0.2) is 9.59 Å². The van der Waals surface area contributed by atoms with E-state index in [0.29, 0.717) is 32.0 Å². The van der Waals surface area contributed by atoms with Crippen LogP contribution in [0, 0.1) is 5.92 Å². The van der Waals surface area contributed by atoms with Crippen molar-refractivity contribution in [3.05, 3.63) is 12.2 Å². The molecule has 2 unspecified atom stereocenters. The average Bonchev–Trinajstić information content (AvgIpc) is 2.39. The van der Waals surface area contributed by atoms with Gasteiger partial charge in [-0.3, -0.25) is 0 Å². The highest BCUT2D eigenvalue weighted by Crippen LogP contribution is 2.24. The van der Waals surface area contributed by atoms with Gasteiger partial charge in [-0.2, -0.15) is 0 Å². The Kier molecular flexibility index (Phi) is 3.89. The zero-order valence-electron chi connectivity index (χ0n) is 10.7. The van der Waals surface area contributed by atoms with Crippen LogP contribution in [-0.2, 0) is 4.79 Å². The largest absolute Gasteiger partial charge is 0.480 e. The summed E-state index contributed by atoms with van der Waals surface area (Å²) in [6, 6.07) is -0.786. The van der Waals surface area contributed by atoms with Crippen molar-refractivity contribution < 1.29 is 14.7 Å². The summed E-state index contributed by atoms with van der Waals surface area (Å²) in [5.41, 5.74) is 0. The Balaban J connectivity index is 2.07. The number of urea groups is 1. The van der Waals surface area contributed by atoms with E-state index in [4.69, 9.17) is 0 Å². The molecule has 0 aromatic rings. The third kappa shape index (κ3) is 2.66. The molecule has 2 aliphatic heterocycles. The third-order valence-corrected chi connectivity index (χ3v) is 3.72. The van der Waals surface area contributed by atoms with E-state index in [-0.39, 0.29) is 6.03 Å². The fraction of sp³-hybridized carbons (Fsp3) is 0.692. The predicted molar refractivity (Wildman–Crippen MR) is 67.3 cm³/mol. The molecule has 5 heteroatoms. The van der Waals surface area contributed by atoms with Gasteiger partial charge < -0.3 is 14.9 Å². The number of carbonyl (C=O) groups excluding carboxylic acids is 1. The van der Waals surface area contributed by atoms with E-state index in [1.807, 2.05) is 13.0 Å². The molecule has 0 spiro atoms. The van der Waals surface area contributed by atoms with Gasteiger partial charge in [0.25, 0.3) is 0 Å². The second-order valence-electron chi connectivity index (χ2n) is 5.17. The minimum Gasteiger partial charge on any atom is -0.480 e. The number of carbonyl (C=O) groups is 2. The van der Waals surface area contributed by atoms with Crippen molar-refractivity contribution in [2.24, 2.45) is 5.92 Å². The van der Waals surface area contributed by atoms with Crippen LogP contribution in [0.4, 0.5) is 4.79 Å². The quantitative estimate of drug-likeness (QED) is 0.720. The Bertz CT molecular complexity index is 367. The van der Waals surface area contributed by atoms with Crippen molar-refractivity contribution in [2.75, 3.05) is 19.6 Å². The van der Waals surface area contributed by atoms with Gasteiger partial charge in [-0.1, -0.05) is 19.1 Å². The molecular weight excluding hydrogens is 232 g/mol. The first-order valence-corrected chi connectivity index (χ1v) is 6.53. The molecule has 100 valence electrons. The highest BCUT2D eigenvalue weighted by molar-refractivity contribution is 5.83. The van der Waals surface area contributed by atoms with Crippen LogP contribution in [0.2, 0.25) is 0 Å². The molecule has 2 amide bonds. The van der Waals surface area contributed by atoms with Crippen molar-refractivity contribution in [3.63, 3.8) is 0 Å². The van der Waals surface area contributed by atoms with Crippen molar-refractivity contribution in [1.29, 1.82) is 0 Å². The molecule has 1 fully saturated rings. The number of hydrogen-bond donors (Lipinski definition) is 1. The number of carboxylic acids is 1. The first-order chi connectivity index (χ1) is 8.59. The molecule has 2 atom stereocenters. The number of aliphatic carboxylic acids is 1. The highest BCUT2D eigenvalue weighted by Gasteiger charge is 2.36. The van der Waals surface area contributed by atoms with E-state index in [1.54, 1.807) is 4.90 Å². The number of piperidine rings is 1. The zero-order valence-corrected chi connectivity index (χ0v) is 10.7. The molecule has 0 saturated carbocycles. The molecule has 18 heavy (non-hydrogen) atoms. The van der Waals surface area contributed by atoms with E-state index in [1.165, 1.54) is 4.90 Å². The number of likely N-dealkylation sites (tertiary alicyclic amines) is 1. The lowest BCUT2D eigenvalue weighted by atomic mass is 9.92. The van der Waals surface area contributed by atoms with Gasteiger partial charge in [-0.05, 0) is 25.2 Å². The maximum absolute atomic E-state index is 12.3. The molecule has 1 saturated heterocycles. The van der Waals surface area contributed by atoms with Gasteiger partial charge in [0.1, 0.15) is 6.04 Å². The monoisotopic (exact) mass is 252 g/mol. The van der Waals surface area contributed by atoms with Crippen molar-refractivity contribution in [1.82, 2.24) is 9.80 Å². The van der Waals surface area contributed by atoms with Crippen LogP contribution in [0.5, 0.6) is 0 Å². The molecule has 1 N–H and O–H groups in total. The van der Waals surface area contributed by atoms with E-state index in [2.05, 4.69) is 6.08 Å². The SMILES string of the molecule is CC1CCN(C(=O)N2CC=CCC2)C(C(=O)O)C1. The van der Waals surface area contributed by atoms with Crippen LogP contribution in [0.1, 0.15) is 26.2 Å². The van der Waals surface area contributed by atoms with Crippen molar-refractivity contribution in [2.45, 2.75) is 32.2 Å². The van der Waals surface area contributed by atoms with Gasteiger partial charge in [-0.15, -0.1) is 0 Å². The molecule has 2 aliphatic rings. The summed E-state index contributed by atoms with van der Waals surface area (Å²) in [4.78, 5) is 26.9. The smallest absolute Gasteiger partial charge is 0.326 e. The molecule has 2 heterocycles. The molecular formula is C13H20N2O3. The van der Waals surface area contributed by atoms with Gasteiger partial charge >= 0.3 is 12.0 Å². The summed E-state index contributed by atoms with van der Waals surface area (Å²) in [7, 11) is 0. The molecule has 0 aromatic heterocycles. The summed E-state index contributed by atoms with van der Waals surface area (Å²) in [5.74, 6) is -0.515. The van der Waals surface area contributed by atoms with Crippen LogP contribution in [0.15, 0.2) is 12.2 Å². The lowest BCUT2D eigenvalue weighted by Gasteiger charge is -2.39. The molecule has 0 aromatic carbocycles. The second-order valence-corrected chi connectivity index (χ2v) is 5.17. The molecule has 5 nitrogen and oxygen atoms in total. The average molecular weight is 252 g/mol. The topological polar surface area (TPSA) is 60.9 Å². The Morgan fingerprint density at radius 3 is 2.67 bits per heavy atom. The lowest BCUT2D eigenvalue weighted by Crippen LogP contribution is -2.54. The van der Waals surface area contributed by atoms with Gasteiger partial charge in [0.2, 0.25) is 0 Å². The summed E-state index contributed by atoms with van der Waals surface area (Å²) in [5, 5.41) is 9.25. The highest BCUT2D eigenvalue weighted by atomic mass is 16.4. The number of carboxylic acid groups (broad SMARTS) is 1. The Morgan fingerprint density at radius 2 is 2.06 bits per heavy atom. The Labute approximate surface area is 107 Å². The van der Waals surface area contributed by atoms with Crippen molar-refractivity contribution in [3.8, 4) is 0 Å². The predicted octanol–water partition coefficient (Wildman–Crippen LogP) is 1.55. The first-order valence-electron chi connectivity index (χ1n) is 6.53. The lowest BCUT2D eigenvalue weighted by molar-refractivity contribution is -0.144. The number of hydrogen-bond acceptors (Lipinski definition) is 2. The summed E-state index contributed by atoms with van der Waals surface area (Å²) in [6.07, 6.45) is 6.32. The summed E-state index contributed by atoms with van der Waals surface area (Å²) < 4.78 is 0. The summed E-state index contributed by atoms with van der Waals surface area (Å²) >= 11 is 0. The van der Waals surface area contributed by atoms with E-state index in [9.17, 15) is 14.7 Å². The fourth-order valence-corrected chi connectivity index (χ4v) is 2.60. The first kappa shape index (κ1) is 12.9. The molecule has 2 rings (SSSR count). The second kappa shape index (κ2) is 5.42. The van der Waals surface area contributed by atoms with E-state index >= 15 is 0 Å². The fourth-order valence-electron chi connectivity index (χ4n) is 2.60. The van der Waals surface area contributed by atoms with Crippen LogP contribution >= 0.6 is 0 Å². The van der Waals surface area contributed by atoms with Crippen molar-refractivity contribution >= 4 is 12.0 Å². The van der Waals surface area contributed by atoms with Gasteiger partial charge in [0.15, 0.2) is 0 Å². The number of rotatable bonds is 1.